The van der Waals surface area contributed by atoms with E-state index in [1.165, 1.54) is 60.0 Å². The van der Waals surface area contributed by atoms with Crippen LogP contribution < -0.4 is 10.3 Å². The maximum Gasteiger partial charge on any atom is 0.0831 e. The van der Waals surface area contributed by atoms with E-state index >= 15 is 0 Å². The molecule has 1 heterocycles. The van der Waals surface area contributed by atoms with Crippen LogP contribution in [0.25, 0.3) is 0 Å². The Morgan fingerprint density at radius 3 is 2.05 bits per heavy atom. The van der Waals surface area contributed by atoms with Crippen LogP contribution in [0.4, 0.5) is 11.4 Å². The van der Waals surface area contributed by atoms with Crippen molar-refractivity contribution in [3.8, 4) is 0 Å². The first kappa shape index (κ1) is 23.5. The minimum atomic E-state index is 0.197. The molecule has 1 fully saturated rings. The second-order valence-corrected chi connectivity index (χ2v) is 10.4. The molecule has 37 heavy (non-hydrogen) atoms. The third-order valence-corrected chi connectivity index (χ3v) is 7.89. The van der Waals surface area contributed by atoms with Gasteiger partial charge in [0.1, 0.15) is 0 Å². The average molecular weight is 486 g/mol. The van der Waals surface area contributed by atoms with Crippen LogP contribution in [0, 0.1) is 0 Å². The van der Waals surface area contributed by atoms with E-state index in [2.05, 4.69) is 120 Å². The predicted octanol–water partition coefficient (Wildman–Crippen LogP) is 8.70. The van der Waals surface area contributed by atoms with E-state index in [9.17, 15) is 0 Å². The van der Waals surface area contributed by atoms with E-state index in [0.29, 0.717) is 0 Å². The Bertz CT molecular complexity index is 1310. The van der Waals surface area contributed by atoms with Crippen LogP contribution >= 0.6 is 0 Å². The van der Waals surface area contributed by atoms with Gasteiger partial charge >= 0.3 is 0 Å². The van der Waals surface area contributed by atoms with Crippen molar-refractivity contribution >= 4 is 17.1 Å². The van der Waals surface area contributed by atoms with Crippen molar-refractivity contribution < 1.29 is 0 Å². The molecule has 0 spiro atoms. The molecule has 4 aromatic rings. The normalized spacial score (nSPS) is 18.0. The highest BCUT2D eigenvalue weighted by Crippen LogP contribution is 2.37. The largest absolute Gasteiger partial charge is 0.381 e. The molecule has 1 atom stereocenters. The minimum Gasteiger partial charge on any atom is -0.381 e. The molecule has 0 aromatic heterocycles. The molecule has 0 unspecified atom stereocenters. The van der Waals surface area contributed by atoms with Crippen LogP contribution in [0.2, 0.25) is 0 Å². The van der Waals surface area contributed by atoms with Crippen molar-refractivity contribution in [2.45, 2.75) is 57.0 Å². The number of hydrazone groups is 1. The molecule has 0 bridgehead atoms. The fourth-order valence-corrected chi connectivity index (χ4v) is 5.77. The summed E-state index contributed by atoms with van der Waals surface area (Å²) in [6.45, 7) is 0.809. The highest BCUT2D eigenvalue weighted by atomic mass is 15.5. The maximum atomic E-state index is 5.09. The van der Waals surface area contributed by atoms with E-state index in [4.69, 9.17) is 5.10 Å². The van der Waals surface area contributed by atoms with Gasteiger partial charge < -0.3 is 5.32 Å². The molecule has 1 N–H and O–H groups in total. The number of hydrogen-bond acceptors (Lipinski definition) is 3. The molecule has 2 aliphatic rings. The molecule has 0 amide bonds. The standard InChI is InChI=1S/C34H35N3/c1-4-10-27(11-5-1)28-18-20-31(21-19-28)35-25-26-16-22-32(23-17-26)37-34(30-14-8-3-9-15-30)24-33(36-37)29-12-6-2-7-13-29/h2-3,6-9,12-23,27,34-35H,1,4-5,10-11,24-25H2/t34-/m0/s1. The molecule has 1 aliphatic heterocycles. The van der Waals surface area contributed by atoms with Crippen molar-refractivity contribution in [2.24, 2.45) is 5.10 Å². The average Bonchev–Trinajstić information content (AvgIpc) is 3.44. The van der Waals surface area contributed by atoms with E-state index in [-0.39, 0.29) is 6.04 Å². The van der Waals surface area contributed by atoms with Crippen LogP contribution in [0.15, 0.2) is 114 Å². The molecule has 3 heteroatoms. The molecule has 1 aliphatic carbocycles. The second kappa shape index (κ2) is 11.0. The monoisotopic (exact) mass is 485 g/mol. The molecular weight excluding hydrogens is 450 g/mol. The minimum absolute atomic E-state index is 0.197. The lowest BCUT2D eigenvalue weighted by Gasteiger charge is -2.24. The zero-order chi connectivity index (χ0) is 24.9. The van der Waals surface area contributed by atoms with Gasteiger partial charge in [-0.1, -0.05) is 104 Å². The quantitative estimate of drug-likeness (QED) is 0.283. The Kier molecular flexibility index (Phi) is 7.03. The van der Waals surface area contributed by atoms with Crippen LogP contribution in [0.3, 0.4) is 0 Å². The van der Waals surface area contributed by atoms with Gasteiger partial charge in [0.15, 0.2) is 0 Å². The van der Waals surface area contributed by atoms with Crippen LogP contribution in [-0.4, -0.2) is 5.71 Å². The van der Waals surface area contributed by atoms with Crippen LogP contribution in [0.5, 0.6) is 0 Å². The van der Waals surface area contributed by atoms with Gasteiger partial charge in [0.2, 0.25) is 0 Å². The maximum absolute atomic E-state index is 5.09. The summed E-state index contributed by atoms with van der Waals surface area (Å²) in [5.41, 5.74) is 8.70. The number of hydrogen-bond donors (Lipinski definition) is 1. The fourth-order valence-electron chi connectivity index (χ4n) is 5.77. The smallest absolute Gasteiger partial charge is 0.0831 e. The Morgan fingerprint density at radius 1 is 0.676 bits per heavy atom. The molecule has 4 aromatic carbocycles. The predicted molar refractivity (Wildman–Crippen MR) is 155 cm³/mol. The van der Waals surface area contributed by atoms with Gasteiger partial charge in [-0.25, -0.2) is 0 Å². The Hall–Kier alpha value is -3.85. The number of nitrogens with one attached hydrogen (secondary N) is 1. The zero-order valence-corrected chi connectivity index (χ0v) is 21.4. The van der Waals surface area contributed by atoms with Crippen LogP contribution in [0.1, 0.15) is 72.7 Å². The van der Waals surface area contributed by atoms with Gasteiger partial charge in [0, 0.05) is 18.7 Å². The molecule has 3 nitrogen and oxygen atoms in total. The van der Waals surface area contributed by atoms with Gasteiger partial charge in [0.05, 0.1) is 17.4 Å². The van der Waals surface area contributed by atoms with E-state index < -0.39 is 0 Å². The first-order valence-corrected chi connectivity index (χ1v) is 13.7. The summed E-state index contributed by atoms with van der Waals surface area (Å²) in [6, 6.07) is 39.4. The molecule has 1 saturated carbocycles. The molecule has 186 valence electrons. The second-order valence-electron chi connectivity index (χ2n) is 10.4. The summed E-state index contributed by atoms with van der Waals surface area (Å²) in [7, 11) is 0. The number of benzene rings is 4. The summed E-state index contributed by atoms with van der Waals surface area (Å²) >= 11 is 0. The summed E-state index contributed by atoms with van der Waals surface area (Å²) in [5, 5.41) is 10.9. The lowest BCUT2D eigenvalue weighted by molar-refractivity contribution is 0.443. The number of rotatable bonds is 7. The van der Waals surface area contributed by atoms with Crippen molar-refractivity contribution in [3.05, 3.63) is 131 Å². The zero-order valence-electron chi connectivity index (χ0n) is 21.4. The van der Waals surface area contributed by atoms with Gasteiger partial charge in [0.25, 0.3) is 0 Å². The lowest BCUT2D eigenvalue weighted by Crippen LogP contribution is -2.18. The van der Waals surface area contributed by atoms with Gasteiger partial charge in [-0.15, -0.1) is 0 Å². The van der Waals surface area contributed by atoms with E-state index in [1.54, 1.807) is 0 Å². The van der Waals surface area contributed by atoms with Crippen molar-refractivity contribution in [3.63, 3.8) is 0 Å². The van der Waals surface area contributed by atoms with Gasteiger partial charge in [-0.05, 0) is 65.3 Å². The van der Waals surface area contributed by atoms with Gasteiger partial charge in [-0.2, -0.15) is 5.10 Å². The summed E-state index contributed by atoms with van der Waals surface area (Å²) in [5.74, 6) is 0.755. The third kappa shape index (κ3) is 5.46. The Labute approximate surface area is 220 Å². The SMILES string of the molecule is c1ccc(C2=NN(c3ccc(CNc4ccc(C5CCCCC5)cc4)cc3)[C@H](c3ccccc3)C2)cc1. The number of nitrogens with zero attached hydrogens (tertiary/aromatic N) is 2. The van der Waals surface area contributed by atoms with Crippen molar-refractivity contribution in [1.82, 2.24) is 0 Å². The molecular formula is C34H35N3. The summed E-state index contributed by atoms with van der Waals surface area (Å²) in [6.07, 6.45) is 7.75. The molecule has 6 rings (SSSR count). The van der Waals surface area contributed by atoms with Crippen LogP contribution in [-0.2, 0) is 6.54 Å². The highest BCUT2D eigenvalue weighted by Gasteiger charge is 2.29. The van der Waals surface area contributed by atoms with Crippen molar-refractivity contribution in [1.29, 1.82) is 0 Å². The Balaban J connectivity index is 1.15. The topological polar surface area (TPSA) is 27.6 Å². The van der Waals surface area contributed by atoms with E-state index in [0.717, 1.165) is 30.3 Å². The third-order valence-electron chi connectivity index (χ3n) is 7.89. The first-order valence-electron chi connectivity index (χ1n) is 13.7. The Morgan fingerprint density at radius 2 is 1.35 bits per heavy atom. The summed E-state index contributed by atoms with van der Waals surface area (Å²) in [4.78, 5) is 0. The first-order chi connectivity index (χ1) is 18.3. The van der Waals surface area contributed by atoms with Crippen molar-refractivity contribution in [2.75, 3.05) is 10.3 Å². The van der Waals surface area contributed by atoms with Gasteiger partial charge in [-0.3, -0.25) is 5.01 Å². The fraction of sp³-hybridized carbons (Fsp3) is 0.265. The molecule has 0 saturated heterocycles. The number of anilines is 2. The highest BCUT2D eigenvalue weighted by molar-refractivity contribution is 6.03. The lowest BCUT2D eigenvalue weighted by atomic mass is 9.84. The summed E-state index contributed by atoms with van der Waals surface area (Å²) < 4.78 is 0. The molecule has 0 radical (unpaired) electrons. The van der Waals surface area contributed by atoms with E-state index in [1.807, 2.05) is 0 Å².